The quantitative estimate of drug-likeness (QED) is 0.756. The summed E-state index contributed by atoms with van der Waals surface area (Å²) in [6, 6.07) is 0.619. The zero-order valence-corrected chi connectivity index (χ0v) is 13.1. The van der Waals surface area contributed by atoms with Crippen LogP contribution in [0.15, 0.2) is 0 Å². The van der Waals surface area contributed by atoms with Crippen LogP contribution in [0.2, 0.25) is 0 Å². The number of carboxylic acid groups (broad SMARTS) is 1. The molecule has 0 aromatic heterocycles. The van der Waals surface area contributed by atoms with Crippen molar-refractivity contribution in [3.63, 3.8) is 0 Å². The minimum Gasteiger partial charge on any atom is -0.481 e. The molecule has 0 aliphatic heterocycles. The van der Waals surface area contributed by atoms with E-state index in [0.29, 0.717) is 12.0 Å². The minimum atomic E-state index is -0.588. The molecule has 0 aromatic rings. The van der Waals surface area contributed by atoms with Crippen LogP contribution < -0.4 is 5.32 Å². The number of carbonyl (C=O) groups is 1. The Bertz CT molecular complexity index is 316. The van der Waals surface area contributed by atoms with Gasteiger partial charge in [0.05, 0.1) is 5.92 Å². The average Bonchev–Trinajstić information content (AvgIpc) is 2.74. The Morgan fingerprint density at radius 2 is 1.85 bits per heavy atom. The first-order chi connectivity index (χ1) is 9.58. The van der Waals surface area contributed by atoms with Crippen molar-refractivity contribution in [3.8, 4) is 0 Å². The van der Waals surface area contributed by atoms with Gasteiger partial charge in [0.15, 0.2) is 0 Å². The number of nitrogens with one attached hydrogen (secondary N) is 1. The molecule has 3 nitrogen and oxygen atoms in total. The normalized spacial score (nSPS) is 35.1. The first-order valence-electron chi connectivity index (χ1n) is 8.54. The van der Waals surface area contributed by atoms with Crippen molar-refractivity contribution in [2.45, 2.75) is 71.3 Å². The maximum Gasteiger partial charge on any atom is 0.306 e. The number of carboxylic acids is 1. The van der Waals surface area contributed by atoms with Gasteiger partial charge in [-0.3, -0.25) is 4.79 Å². The van der Waals surface area contributed by atoms with Gasteiger partial charge < -0.3 is 10.4 Å². The Balaban J connectivity index is 1.75. The van der Waals surface area contributed by atoms with E-state index in [2.05, 4.69) is 19.2 Å². The van der Waals surface area contributed by atoms with E-state index in [1.807, 2.05) is 0 Å². The van der Waals surface area contributed by atoms with Crippen molar-refractivity contribution in [1.82, 2.24) is 5.32 Å². The molecule has 2 aliphatic rings. The zero-order valence-electron chi connectivity index (χ0n) is 13.1. The van der Waals surface area contributed by atoms with Gasteiger partial charge in [-0.05, 0) is 56.4 Å². The second kappa shape index (κ2) is 7.44. The summed E-state index contributed by atoms with van der Waals surface area (Å²) in [4.78, 5) is 11.2. The van der Waals surface area contributed by atoms with Crippen molar-refractivity contribution in [2.75, 3.05) is 6.54 Å². The van der Waals surface area contributed by atoms with Gasteiger partial charge in [0.25, 0.3) is 0 Å². The highest BCUT2D eigenvalue weighted by Gasteiger charge is 2.33. The third-order valence-corrected chi connectivity index (χ3v) is 5.60. The molecule has 0 saturated heterocycles. The highest BCUT2D eigenvalue weighted by molar-refractivity contribution is 5.70. The van der Waals surface area contributed by atoms with Gasteiger partial charge in [-0.25, -0.2) is 0 Å². The van der Waals surface area contributed by atoms with Crippen LogP contribution in [0.3, 0.4) is 0 Å². The summed E-state index contributed by atoms with van der Waals surface area (Å²) in [6.45, 7) is 5.59. The third-order valence-electron chi connectivity index (χ3n) is 5.60. The molecule has 2 saturated carbocycles. The molecule has 0 amide bonds. The molecule has 0 bridgehead atoms. The Kier molecular flexibility index (Phi) is 5.88. The van der Waals surface area contributed by atoms with Crippen molar-refractivity contribution >= 4 is 5.97 Å². The van der Waals surface area contributed by atoms with Crippen LogP contribution in [-0.2, 0) is 4.79 Å². The number of hydrogen-bond donors (Lipinski definition) is 2. The van der Waals surface area contributed by atoms with Crippen LogP contribution in [0.25, 0.3) is 0 Å². The van der Waals surface area contributed by atoms with Crippen LogP contribution in [0.5, 0.6) is 0 Å². The van der Waals surface area contributed by atoms with E-state index in [-0.39, 0.29) is 5.92 Å². The van der Waals surface area contributed by atoms with Crippen molar-refractivity contribution in [3.05, 3.63) is 0 Å². The third kappa shape index (κ3) is 4.21. The summed E-state index contributed by atoms with van der Waals surface area (Å²) < 4.78 is 0. The summed E-state index contributed by atoms with van der Waals surface area (Å²) in [5, 5.41) is 12.9. The Hall–Kier alpha value is -0.570. The van der Waals surface area contributed by atoms with E-state index in [1.54, 1.807) is 0 Å². The fourth-order valence-electron chi connectivity index (χ4n) is 4.13. The number of aliphatic carboxylic acids is 1. The van der Waals surface area contributed by atoms with E-state index >= 15 is 0 Å². The molecular formula is C17H31NO2. The highest BCUT2D eigenvalue weighted by atomic mass is 16.4. The molecule has 2 N–H and O–H groups in total. The van der Waals surface area contributed by atoms with Gasteiger partial charge in [0.2, 0.25) is 0 Å². The topological polar surface area (TPSA) is 49.3 Å². The van der Waals surface area contributed by atoms with Crippen molar-refractivity contribution in [1.29, 1.82) is 0 Å². The van der Waals surface area contributed by atoms with Gasteiger partial charge in [0, 0.05) is 6.04 Å². The van der Waals surface area contributed by atoms with Gasteiger partial charge in [-0.1, -0.05) is 33.1 Å². The van der Waals surface area contributed by atoms with E-state index in [1.165, 1.54) is 32.1 Å². The highest BCUT2D eigenvalue weighted by Crippen LogP contribution is 2.32. The molecule has 0 heterocycles. The molecular weight excluding hydrogens is 250 g/mol. The second-order valence-electron chi connectivity index (χ2n) is 7.25. The monoisotopic (exact) mass is 281 g/mol. The second-order valence-corrected chi connectivity index (χ2v) is 7.25. The lowest BCUT2D eigenvalue weighted by atomic mass is 9.89. The summed E-state index contributed by atoms with van der Waals surface area (Å²) in [6.07, 6.45) is 9.63. The molecule has 0 radical (unpaired) electrons. The molecule has 2 fully saturated rings. The average molecular weight is 281 g/mol. The summed E-state index contributed by atoms with van der Waals surface area (Å²) in [5.74, 6) is 1.36. The van der Waals surface area contributed by atoms with E-state index < -0.39 is 5.97 Å². The molecule has 2 aliphatic carbocycles. The molecule has 20 heavy (non-hydrogen) atoms. The Morgan fingerprint density at radius 1 is 1.10 bits per heavy atom. The first kappa shape index (κ1) is 15.8. The molecule has 116 valence electrons. The molecule has 0 spiro atoms. The summed E-state index contributed by atoms with van der Waals surface area (Å²) in [7, 11) is 0. The predicted molar refractivity (Wildman–Crippen MR) is 81.7 cm³/mol. The van der Waals surface area contributed by atoms with Crippen LogP contribution in [-0.4, -0.2) is 23.7 Å². The Morgan fingerprint density at radius 3 is 2.55 bits per heavy atom. The SMILES string of the molecule is CC(C)C1CCCC(NCC2CCCC2C(=O)O)CC1. The van der Waals surface area contributed by atoms with Crippen molar-refractivity contribution < 1.29 is 9.90 Å². The van der Waals surface area contributed by atoms with Crippen LogP contribution >= 0.6 is 0 Å². The van der Waals surface area contributed by atoms with Gasteiger partial charge in [0.1, 0.15) is 0 Å². The number of rotatable bonds is 5. The minimum absolute atomic E-state index is 0.100. The fourth-order valence-corrected chi connectivity index (χ4v) is 4.13. The maximum absolute atomic E-state index is 11.2. The summed E-state index contributed by atoms with van der Waals surface area (Å²) in [5.41, 5.74) is 0. The molecule has 3 heteroatoms. The zero-order chi connectivity index (χ0) is 14.5. The van der Waals surface area contributed by atoms with Crippen LogP contribution in [0.4, 0.5) is 0 Å². The lowest BCUT2D eigenvalue weighted by molar-refractivity contribution is -0.142. The van der Waals surface area contributed by atoms with E-state index in [9.17, 15) is 9.90 Å². The Labute approximate surface area is 123 Å². The van der Waals surface area contributed by atoms with Crippen LogP contribution in [0.1, 0.15) is 65.2 Å². The van der Waals surface area contributed by atoms with Gasteiger partial charge in [-0.2, -0.15) is 0 Å². The van der Waals surface area contributed by atoms with E-state index in [4.69, 9.17) is 0 Å². The standard InChI is InChI=1S/C17H31NO2/c1-12(2)13-5-3-7-15(10-9-13)18-11-14-6-4-8-16(14)17(19)20/h12-16,18H,3-11H2,1-2H3,(H,19,20). The smallest absolute Gasteiger partial charge is 0.306 e. The number of hydrogen-bond acceptors (Lipinski definition) is 2. The largest absolute Gasteiger partial charge is 0.481 e. The predicted octanol–water partition coefficient (Wildman–Crippen LogP) is 3.68. The molecule has 2 rings (SSSR count). The van der Waals surface area contributed by atoms with Crippen LogP contribution in [0, 0.1) is 23.7 Å². The lowest BCUT2D eigenvalue weighted by Crippen LogP contribution is -2.35. The molecule has 4 atom stereocenters. The maximum atomic E-state index is 11.2. The fraction of sp³-hybridized carbons (Fsp3) is 0.941. The molecule has 4 unspecified atom stereocenters. The van der Waals surface area contributed by atoms with Gasteiger partial charge >= 0.3 is 5.97 Å². The van der Waals surface area contributed by atoms with Crippen molar-refractivity contribution in [2.24, 2.45) is 23.7 Å². The lowest BCUT2D eigenvalue weighted by Gasteiger charge is -2.22. The van der Waals surface area contributed by atoms with E-state index in [0.717, 1.165) is 37.6 Å². The van der Waals surface area contributed by atoms with Gasteiger partial charge in [-0.15, -0.1) is 0 Å². The molecule has 0 aromatic carbocycles. The first-order valence-corrected chi connectivity index (χ1v) is 8.54. The summed E-state index contributed by atoms with van der Waals surface area (Å²) >= 11 is 0.